The van der Waals surface area contributed by atoms with Gasteiger partial charge in [0.25, 0.3) is 5.91 Å². The van der Waals surface area contributed by atoms with Gasteiger partial charge in [-0.1, -0.05) is 28.7 Å². The maximum Gasteiger partial charge on any atom is 0.324 e. The van der Waals surface area contributed by atoms with Crippen molar-refractivity contribution in [2.75, 3.05) is 5.32 Å². The zero-order valence-corrected chi connectivity index (χ0v) is 13.7. The second-order valence-corrected chi connectivity index (χ2v) is 7.01. The molecule has 0 bridgehead atoms. The van der Waals surface area contributed by atoms with Crippen molar-refractivity contribution in [3.63, 3.8) is 0 Å². The maximum atomic E-state index is 11.9. The number of carbonyl (C=O) groups excluding carboxylic acids is 1. The van der Waals surface area contributed by atoms with Crippen molar-refractivity contribution < 1.29 is 9.72 Å². The minimum atomic E-state index is -0.453. The third-order valence-corrected chi connectivity index (χ3v) is 5.06. The molecule has 1 amide bonds. The molecule has 0 fully saturated rings. The van der Waals surface area contributed by atoms with Crippen LogP contribution < -0.4 is 5.32 Å². The summed E-state index contributed by atoms with van der Waals surface area (Å²) in [6.07, 6.45) is 1.48. The lowest BCUT2D eigenvalue weighted by Crippen LogP contribution is -2.09. The van der Waals surface area contributed by atoms with E-state index in [1.807, 2.05) is 5.38 Å². The number of nitrogens with zero attached hydrogens (tertiary/aromatic N) is 4. The standard InChI is InChI=1S/C12H7N5O3S3/c18-10(8-2-1-5-21-8)14-12-16-15-11(23-12)13-6-7-3-4-9(22-7)17(19)20/h1-6H,(H,14,16,18)/b13-6+. The molecule has 0 aliphatic rings. The summed E-state index contributed by atoms with van der Waals surface area (Å²) in [5, 5.41) is 23.5. The van der Waals surface area contributed by atoms with E-state index in [0.29, 0.717) is 20.0 Å². The van der Waals surface area contributed by atoms with Crippen LogP contribution in [0.2, 0.25) is 0 Å². The molecule has 1 N–H and O–H groups in total. The molecule has 3 rings (SSSR count). The van der Waals surface area contributed by atoms with Crippen LogP contribution in [0.25, 0.3) is 0 Å². The number of nitrogens with one attached hydrogen (secondary N) is 1. The molecule has 3 heterocycles. The van der Waals surface area contributed by atoms with E-state index in [9.17, 15) is 14.9 Å². The minimum absolute atomic E-state index is 0.0487. The van der Waals surface area contributed by atoms with Gasteiger partial charge in [-0.3, -0.25) is 20.2 Å². The molecular weight excluding hydrogens is 358 g/mol. The summed E-state index contributed by atoms with van der Waals surface area (Å²) >= 11 is 3.46. The molecule has 8 nitrogen and oxygen atoms in total. The maximum absolute atomic E-state index is 11.9. The van der Waals surface area contributed by atoms with Gasteiger partial charge in [0, 0.05) is 12.3 Å². The summed E-state index contributed by atoms with van der Waals surface area (Å²) in [5.41, 5.74) is 0. The van der Waals surface area contributed by atoms with Crippen molar-refractivity contribution in [1.82, 2.24) is 10.2 Å². The third kappa shape index (κ3) is 3.83. The zero-order valence-electron chi connectivity index (χ0n) is 11.2. The molecule has 0 atom stereocenters. The van der Waals surface area contributed by atoms with Gasteiger partial charge in [-0.15, -0.1) is 21.5 Å². The number of amides is 1. The Bertz CT molecular complexity index is 868. The molecule has 0 spiro atoms. The van der Waals surface area contributed by atoms with Crippen LogP contribution >= 0.6 is 34.0 Å². The predicted molar refractivity (Wildman–Crippen MR) is 90.4 cm³/mol. The number of nitro groups is 1. The van der Waals surface area contributed by atoms with E-state index in [1.165, 1.54) is 23.6 Å². The molecule has 0 radical (unpaired) electrons. The third-order valence-electron chi connectivity index (χ3n) is 2.47. The van der Waals surface area contributed by atoms with E-state index in [4.69, 9.17) is 0 Å². The Morgan fingerprint density at radius 2 is 2.17 bits per heavy atom. The van der Waals surface area contributed by atoms with Gasteiger partial charge < -0.3 is 0 Å². The summed E-state index contributed by atoms with van der Waals surface area (Å²) in [7, 11) is 0. The van der Waals surface area contributed by atoms with E-state index in [-0.39, 0.29) is 10.9 Å². The number of aromatic nitrogens is 2. The smallest absolute Gasteiger partial charge is 0.296 e. The largest absolute Gasteiger partial charge is 0.324 e. The Labute approximate surface area is 141 Å². The van der Waals surface area contributed by atoms with E-state index in [0.717, 1.165) is 22.7 Å². The Morgan fingerprint density at radius 1 is 1.30 bits per heavy atom. The van der Waals surface area contributed by atoms with Crippen molar-refractivity contribution in [3.8, 4) is 0 Å². The first kappa shape index (κ1) is 15.4. The molecule has 0 aliphatic carbocycles. The highest BCUT2D eigenvalue weighted by Gasteiger charge is 2.11. The second kappa shape index (κ2) is 6.73. The fourth-order valence-corrected chi connectivity index (χ4v) is 3.41. The first-order valence-corrected chi connectivity index (χ1v) is 8.60. The molecule has 11 heteroatoms. The molecule has 23 heavy (non-hydrogen) atoms. The summed E-state index contributed by atoms with van der Waals surface area (Å²) in [6, 6.07) is 6.52. The predicted octanol–water partition coefficient (Wildman–Crippen LogP) is 3.57. The number of aliphatic imine (C=N–C) groups is 1. The van der Waals surface area contributed by atoms with Crippen LogP contribution in [0.3, 0.4) is 0 Å². The van der Waals surface area contributed by atoms with Gasteiger partial charge >= 0.3 is 5.00 Å². The molecule has 0 saturated carbocycles. The van der Waals surface area contributed by atoms with E-state index >= 15 is 0 Å². The lowest BCUT2D eigenvalue weighted by atomic mass is 10.4. The quantitative estimate of drug-likeness (QED) is 0.422. The lowest BCUT2D eigenvalue weighted by molar-refractivity contribution is -0.380. The first-order valence-electron chi connectivity index (χ1n) is 6.08. The van der Waals surface area contributed by atoms with Crippen molar-refractivity contribution in [1.29, 1.82) is 0 Å². The van der Waals surface area contributed by atoms with Gasteiger partial charge in [0.1, 0.15) is 0 Å². The van der Waals surface area contributed by atoms with Crippen molar-refractivity contribution in [2.24, 2.45) is 4.99 Å². The highest BCUT2D eigenvalue weighted by molar-refractivity contribution is 7.19. The number of carbonyl (C=O) groups is 1. The summed E-state index contributed by atoms with van der Waals surface area (Å²) in [6.45, 7) is 0. The van der Waals surface area contributed by atoms with Crippen LogP contribution in [-0.4, -0.2) is 27.2 Å². The minimum Gasteiger partial charge on any atom is -0.296 e. The van der Waals surface area contributed by atoms with E-state index in [2.05, 4.69) is 20.5 Å². The molecule has 0 unspecified atom stereocenters. The van der Waals surface area contributed by atoms with Crippen LogP contribution in [0.5, 0.6) is 0 Å². The van der Waals surface area contributed by atoms with Crippen LogP contribution in [0.4, 0.5) is 15.3 Å². The number of anilines is 1. The Morgan fingerprint density at radius 3 is 2.87 bits per heavy atom. The Hall–Kier alpha value is -2.50. The fourth-order valence-electron chi connectivity index (χ4n) is 1.51. The highest BCUT2D eigenvalue weighted by atomic mass is 32.1. The molecule has 0 aromatic carbocycles. The molecular formula is C12H7N5O3S3. The average Bonchev–Trinajstić information content (AvgIpc) is 3.26. The van der Waals surface area contributed by atoms with Gasteiger partial charge in [0.05, 0.1) is 14.7 Å². The second-order valence-electron chi connectivity index (χ2n) is 4.01. The number of rotatable bonds is 5. The van der Waals surface area contributed by atoms with Crippen molar-refractivity contribution in [3.05, 3.63) is 49.5 Å². The van der Waals surface area contributed by atoms with E-state index < -0.39 is 4.92 Å². The average molecular weight is 365 g/mol. The van der Waals surface area contributed by atoms with Crippen LogP contribution in [0, 0.1) is 10.1 Å². The highest BCUT2D eigenvalue weighted by Crippen LogP contribution is 2.26. The summed E-state index contributed by atoms with van der Waals surface area (Å²) in [4.78, 5) is 27.3. The van der Waals surface area contributed by atoms with Gasteiger partial charge in [-0.05, 0) is 17.5 Å². The SMILES string of the molecule is O=C(Nc1nnc(/N=C/c2ccc([N+](=O)[O-])s2)s1)c1cccs1. The number of hydrogen-bond donors (Lipinski definition) is 1. The Balaban J connectivity index is 1.65. The Kier molecular flexibility index (Phi) is 4.50. The summed E-state index contributed by atoms with van der Waals surface area (Å²) in [5.74, 6) is -0.249. The van der Waals surface area contributed by atoms with E-state index in [1.54, 1.807) is 18.2 Å². The molecule has 3 aromatic heterocycles. The van der Waals surface area contributed by atoms with Crippen LogP contribution in [0.1, 0.15) is 14.5 Å². The number of hydrogen-bond acceptors (Lipinski definition) is 9. The molecule has 3 aromatic rings. The fraction of sp³-hybridized carbons (Fsp3) is 0. The lowest BCUT2D eigenvalue weighted by Gasteiger charge is -1.95. The first-order chi connectivity index (χ1) is 11.1. The normalized spacial score (nSPS) is 11.0. The van der Waals surface area contributed by atoms with Crippen LogP contribution in [-0.2, 0) is 0 Å². The number of thiophene rings is 2. The molecule has 0 aliphatic heterocycles. The monoisotopic (exact) mass is 365 g/mol. The topological polar surface area (TPSA) is 110 Å². The molecule has 0 saturated heterocycles. The zero-order chi connectivity index (χ0) is 16.2. The van der Waals surface area contributed by atoms with Gasteiger partial charge in [0.2, 0.25) is 10.3 Å². The summed E-state index contributed by atoms with van der Waals surface area (Å²) < 4.78 is 0. The van der Waals surface area contributed by atoms with Crippen LogP contribution in [0.15, 0.2) is 34.6 Å². The van der Waals surface area contributed by atoms with Gasteiger partial charge in [-0.2, -0.15) is 0 Å². The van der Waals surface area contributed by atoms with Gasteiger partial charge in [0.15, 0.2) is 0 Å². The van der Waals surface area contributed by atoms with Crippen molar-refractivity contribution in [2.45, 2.75) is 0 Å². The van der Waals surface area contributed by atoms with Gasteiger partial charge in [-0.25, -0.2) is 4.99 Å². The molecule has 116 valence electrons. The van der Waals surface area contributed by atoms with Crippen molar-refractivity contribution >= 4 is 61.4 Å².